The third kappa shape index (κ3) is 0.562. The van der Waals surface area contributed by atoms with Gasteiger partial charge in [0.25, 0.3) is 0 Å². The molecule has 0 N–H and O–H groups in total. The molecular formula is C6H12. The summed E-state index contributed by atoms with van der Waals surface area (Å²) in [7, 11) is 0. The zero-order valence-corrected chi connectivity index (χ0v) is 4.57. The quantitative estimate of drug-likeness (QED) is 0.456. The van der Waals surface area contributed by atoms with Crippen LogP contribution in [-0.4, -0.2) is 0 Å². The molecule has 6 heavy (non-hydrogen) atoms. The highest BCUT2D eigenvalue weighted by molar-refractivity contribution is 4.80. The van der Waals surface area contributed by atoms with Gasteiger partial charge < -0.3 is 0 Å². The van der Waals surface area contributed by atoms with Crippen molar-refractivity contribution in [3.05, 3.63) is 0 Å². The van der Waals surface area contributed by atoms with Crippen molar-refractivity contribution in [1.82, 2.24) is 0 Å². The molecule has 0 aliphatic heterocycles. The van der Waals surface area contributed by atoms with E-state index in [1.165, 1.54) is 12.8 Å². The average molecular weight is 84.2 g/mol. The molecule has 0 bridgehead atoms. The van der Waals surface area contributed by atoms with Crippen LogP contribution in [0.1, 0.15) is 26.7 Å². The Hall–Kier alpha value is 0. The monoisotopic (exact) mass is 84.1 g/mol. The van der Waals surface area contributed by atoms with Crippen LogP contribution in [0, 0.1) is 11.8 Å². The maximum Gasteiger partial charge on any atom is -0.0388 e. The molecule has 0 aromatic heterocycles. The molecule has 2 atom stereocenters. The smallest absolute Gasteiger partial charge is 0.0388 e. The molecule has 0 saturated heterocycles. The van der Waals surface area contributed by atoms with E-state index in [1.807, 2.05) is 0 Å². The lowest BCUT2D eigenvalue weighted by atomic mass is 10.3. The maximum atomic E-state index is 2.33. The molecule has 1 aliphatic carbocycles. The molecule has 0 amide bonds. The summed E-state index contributed by atoms with van der Waals surface area (Å²) in [6.07, 6.45) is 2.90. The van der Waals surface area contributed by atoms with Crippen LogP contribution in [0.5, 0.6) is 0 Å². The molecule has 0 heteroatoms. The topological polar surface area (TPSA) is 0 Å². The lowest BCUT2D eigenvalue weighted by Gasteiger charge is -1.79. The molecule has 1 aliphatic rings. The summed E-state index contributed by atoms with van der Waals surface area (Å²) in [5.74, 6) is 2.17. The van der Waals surface area contributed by atoms with Crippen molar-refractivity contribution in [2.45, 2.75) is 26.7 Å². The number of rotatable bonds is 1. The standard InChI is InChI=1S/C6H12/c1-3-6-4-5(6)2/h5-6H,3-4H2,1-2H3/t5-,6+/m0/s1. The van der Waals surface area contributed by atoms with Crippen molar-refractivity contribution in [1.29, 1.82) is 0 Å². The zero-order chi connectivity index (χ0) is 4.57. The van der Waals surface area contributed by atoms with Gasteiger partial charge in [0.2, 0.25) is 0 Å². The predicted molar refractivity (Wildman–Crippen MR) is 27.6 cm³/mol. The third-order valence-corrected chi connectivity index (χ3v) is 1.80. The number of hydrogen-bond donors (Lipinski definition) is 0. The molecular weight excluding hydrogens is 72.1 g/mol. The summed E-state index contributed by atoms with van der Waals surface area (Å²) in [6.45, 7) is 4.60. The van der Waals surface area contributed by atoms with Gasteiger partial charge in [0.1, 0.15) is 0 Å². The molecule has 1 rings (SSSR count). The normalized spacial score (nSPS) is 43.0. The fourth-order valence-electron chi connectivity index (χ4n) is 0.968. The van der Waals surface area contributed by atoms with Gasteiger partial charge in [-0.05, 0) is 18.3 Å². The molecule has 0 heterocycles. The predicted octanol–water partition coefficient (Wildman–Crippen LogP) is 2.05. The third-order valence-electron chi connectivity index (χ3n) is 1.80. The molecule has 0 radical (unpaired) electrons. The summed E-state index contributed by atoms with van der Waals surface area (Å²) in [5.41, 5.74) is 0. The van der Waals surface area contributed by atoms with E-state index in [1.54, 1.807) is 0 Å². The fourth-order valence-corrected chi connectivity index (χ4v) is 0.968. The Morgan fingerprint density at radius 3 is 2.17 bits per heavy atom. The van der Waals surface area contributed by atoms with E-state index in [9.17, 15) is 0 Å². The Morgan fingerprint density at radius 2 is 2.17 bits per heavy atom. The largest absolute Gasteiger partial charge is 0.0651 e. The van der Waals surface area contributed by atoms with Gasteiger partial charge in [-0.3, -0.25) is 0 Å². The van der Waals surface area contributed by atoms with Gasteiger partial charge in [-0.25, -0.2) is 0 Å². The first-order chi connectivity index (χ1) is 2.84. The van der Waals surface area contributed by atoms with Gasteiger partial charge >= 0.3 is 0 Å². The Labute approximate surface area is 39.6 Å². The van der Waals surface area contributed by atoms with Crippen LogP contribution in [-0.2, 0) is 0 Å². The second-order valence-electron chi connectivity index (χ2n) is 2.38. The fraction of sp³-hybridized carbons (Fsp3) is 1.00. The van der Waals surface area contributed by atoms with Gasteiger partial charge in [-0.15, -0.1) is 0 Å². The van der Waals surface area contributed by atoms with Crippen molar-refractivity contribution in [3.8, 4) is 0 Å². The zero-order valence-electron chi connectivity index (χ0n) is 4.57. The number of hydrogen-bond acceptors (Lipinski definition) is 0. The van der Waals surface area contributed by atoms with Crippen LogP contribution in [0.25, 0.3) is 0 Å². The maximum absolute atomic E-state index is 2.33. The van der Waals surface area contributed by atoms with E-state index < -0.39 is 0 Å². The summed E-state index contributed by atoms with van der Waals surface area (Å²) in [4.78, 5) is 0. The highest BCUT2D eigenvalue weighted by Crippen LogP contribution is 2.39. The minimum atomic E-state index is 1.06. The van der Waals surface area contributed by atoms with Crippen LogP contribution >= 0.6 is 0 Å². The molecule has 36 valence electrons. The van der Waals surface area contributed by atoms with Gasteiger partial charge in [0.15, 0.2) is 0 Å². The van der Waals surface area contributed by atoms with Gasteiger partial charge in [-0.1, -0.05) is 20.3 Å². The Balaban J connectivity index is 2.09. The second kappa shape index (κ2) is 1.25. The van der Waals surface area contributed by atoms with Crippen LogP contribution in [0.2, 0.25) is 0 Å². The van der Waals surface area contributed by atoms with Gasteiger partial charge in [0.05, 0.1) is 0 Å². The van der Waals surface area contributed by atoms with E-state index in [0.29, 0.717) is 0 Å². The highest BCUT2D eigenvalue weighted by Gasteiger charge is 2.29. The van der Waals surface area contributed by atoms with Crippen LogP contribution < -0.4 is 0 Å². The second-order valence-corrected chi connectivity index (χ2v) is 2.38. The van der Waals surface area contributed by atoms with E-state index in [4.69, 9.17) is 0 Å². The van der Waals surface area contributed by atoms with Crippen LogP contribution in [0.3, 0.4) is 0 Å². The lowest BCUT2D eigenvalue weighted by molar-refractivity contribution is 0.724. The molecule has 0 aromatic carbocycles. The van der Waals surface area contributed by atoms with Crippen LogP contribution in [0.4, 0.5) is 0 Å². The molecule has 1 saturated carbocycles. The first kappa shape index (κ1) is 4.17. The lowest BCUT2D eigenvalue weighted by Crippen LogP contribution is -1.68. The van der Waals surface area contributed by atoms with E-state index >= 15 is 0 Å². The Morgan fingerprint density at radius 1 is 1.67 bits per heavy atom. The molecule has 0 spiro atoms. The van der Waals surface area contributed by atoms with Crippen molar-refractivity contribution in [2.75, 3.05) is 0 Å². The van der Waals surface area contributed by atoms with Crippen molar-refractivity contribution < 1.29 is 0 Å². The summed E-state index contributed by atoms with van der Waals surface area (Å²) >= 11 is 0. The SMILES string of the molecule is CC[C@@H]1C[C@@H]1C. The Bertz CT molecular complexity index is 46.0. The molecule has 0 unspecified atom stereocenters. The van der Waals surface area contributed by atoms with Crippen molar-refractivity contribution >= 4 is 0 Å². The van der Waals surface area contributed by atoms with E-state index in [2.05, 4.69) is 13.8 Å². The van der Waals surface area contributed by atoms with E-state index in [0.717, 1.165) is 11.8 Å². The first-order valence-electron chi connectivity index (χ1n) is 2.84. The Kier molecular flexibility index (Phi) is 0.868. The van der Waals surface area contributed by atoms with Gasteiger partial charge in [-0.2, -0.15) is 0 Å². The minimum absolute atomic E-state index is 1.06. The van der Waals surface area contributed by atoms with E-state index in [-0.39, 0.29) is 0 Å². The molecule has 0 nitrogen and oxygen atoms in total. The van der Waals surface area contributed by atoms with Crippen molar-refractivity contribution in [2.24, 2.45) is 11.8 Å². The highest BCUT2D eigenvalue weighted by atomic mass is 14.3. The summed E-state index contributed by atoms with van der Waals surface area (Å²) in [5, 5.41) is 0. The average Bonchev–Trinajstić information content (AvgIpc) is 2.19. The van der Waals surface area contributed by atoms with Gasteiger partial charge in [0, 0.05) is 0 Å². The van der Waals surface area contributed by atoms with Crippen molar-refractivity contribution in [3.63, 3.8) is 0 Å². The minimum Gasteiger partial charge on any atom is -0.0651 e. The first-order valence-corrected chi connectivity index (χ1v) is 2.84. The summed E-state index contributed by atoms with van der Waals surface area (Å²) < 4.78 is 0. The van der Waals surface area contributed by atoms with Crippen LogP contribution in [0.15, 0.2) is 0 Å². The molecule has 1 fully saturated rings. The summed E-state index contributed by atoms with van der Waals surface area (Å²) in [6, 6.07) is 0. The molecule has 0 aromatic rings.